The summed E-state index contributed by atoms with van der Waals surface area (Å²) >= 11 is 6.00. The molecule has 0 radical (unpaired) electrons. The minimum atomic E-state index is -0.553. The van der Waals surface area contributed by atoms with Crippen LogP contribution in [0.4, 0.5) is 0 Å². The number of carbonyl (C=O) groups is 1. The van der Waals surface area contributed by atoms with Gasteiger partial charge in [-0.15, -0.1) is 0 Å². The molecule has 0 bridgehead atoms. The second-order valence-electron chi connectivity index (χ2n) is 4.73. The third-order valence-electron chi connectivity index (χ3n) is 3.12. The van der Waals surface area contributed by atoms with Crippen LogP contribution in [0.25, 0.3) is 17.0 Å². The lowest BCUT2D eigenvalue weighted by Crippen LogP contribution is -2.03. The molecule has 0 N–H and O–H groups in total. The van der Waals surface area contributed by atoms with Crippen LogP contribution in [0.2, 0.25) is 5.02 Å². The van der Waals surface area contributed by atoms with E-state index in [0.717, 1.165) is 10.9 Å². The van der Waals surface area contributed by atoms with Crippen LogP contribution in [0.3, 0.4) is 0 Å². The normalized spacial score (nSPS) is 11.0. The molecule has 0 aliphatic heterocycles. The van der Waals surface area contributed by atoms with Crippen molar-refractivity contribution in [2.45, 2.75) is 0 Å². The van der Waals surface area contributed by atoms with E-state index in [0.29, 0.717) is 16.4 Å². The summed E-state index contributed by atoms with van der Waals surface area (Å²) in [5.74, 6) is -0.261. The zero-order valence-corrected chi connectivity index (χ0v) is 12.6. The SMILES string of the molecule is O=C(/C=C/c1ccccc1Cl)Oc1ccc2ccc(=O)oc2c1. The molecule has 23 heavy (non-hydrogen) atoms. The summed E-state index contributed by atoms with van der Waals surface area (Å²) in [6, 6.07) is 15.0. The van der Waals surface area contributed by atoms with Gasteiger partial charge < -0.3 is 9.15 Å². The molecule has 0 aliphatic rings. The molecule has 2 aromatic carbocycles. The van der Waals surface area contributed by atoms with E-state index in [-0.39, 0.29) is 0 Å². The molecule has 1 aromatic heterocycles. The van der Waals surface area contributed by atoms with Crippen molar-refractivity contribution in [2.75, 3.05) is 0 Å². The summed E-state index contributed by atoms with van der Waals surface area (Å²) in [4.78, 5) is 23.1. The van der Waals surface area contributed by atoms with Crippen LogP contribution in [0, 0.1) is 0 Å². The van der Waals surface area contributed by atoms with Gasteiger partial charge in [0.15, 0.2) is 0 Å². The predicted molar refractivity (Wildman–Crippen MR) is 88.6 cm³/mol. The van der Waals surface area contributed by atoms with Crippen molar-refractivity contribution >= 4 is 34.6 Å². The Hall–Kier alpha value is -2.85. The van der Waals surface area contributed by atoms with Crippen LogP contribution in [0.5, 0.6) is 5.75 Å². The molecule has 0 unspecified atom stereocenters. The van der Waals surface area contributed by atoms with Gasteiger partial charge in [-0.2, -0.15) is 0 Å². The van der Waals surface area contributed by atoms with Gasteiger partial charge in [0, 0.05) is 28.6 Å². The predicted octanol–water partition coefficient (Wildman–Crippen LogP) is 4.07. The minimum absolute atomic E-state index is 0.292. The van der Waals surface area contributed by atoms with Crippen LogP contribution in [0.1, 0.15) is 5.56 Å². The van der Waals surface area contributed by atoms with E-state index in [1.54, 1.807) is 42.5 Å². The van der Waals surface area contributed by atoms with Crippen molar-refractivity contribution < 1.29 is 13.9 Å². The Balaban J connectivity index is 1.77. The number of rotatable bonds is 3. The first-order valence-corrected chi connectivity index (χ1v) is 7.18. The molecule has 4 nitrogen and oxygen atoms in total. The number of hydrogen-bond donors (Lipinski definition) is 0. The number of carbonyl (C=O) groups excluding carboxylic acids is 1. The number of benzene rings is 2. The average molecular weight is 327 g/mol. The number of esters is 1. The van der Waals surface area contributed by atoms with E-state index in [9.17, 15) is 9.59 Å². The average Bonchev–Trinajstić information content (AvgIpc) is 2.54. The molecule has 3 rings (SSSR count). The maximum absolute atomic E-state index is 11.9. The molecule has 0 fully saturated rings. The summed E-state index contributed by atoms with van der Waals surface area (Å²) in [5.41, 5.74) is 0.619. The van der Waals surface area contributed by atoms with Crippen molar-refractivity contribution in [3.05, 3.63) is 81.7 Å². The van der Waals surface area contributed by atoms with Crippen molar-refractivity contribution in [2.24, 2.45) is 0 Å². The smallest absolute Gasteiger partial charge is 0.336 e. The Labute approximate surface area is 136 Å². The molecular formula is C18H11ClO4. The van der Waals surface area contributed by atoms with Gasteiger partial charge >= 0.3 is 11.6 Å². The molecule has 0 aliphatic carbocycles. The lowest BCUT2D eigenvalue weighted by Gasteiger charge is -2.02. The molecule has 0 atom stereocenters. The summed E-state index contributed by atoms with van der Waals surface area (Å²) in [5, 5.41) is 1.29. The lowest BCUT2D eigenvalue weighted by molar-refractivity contribution is -0.128. The molecule has 3 aromatic rings. The maximum Gasteiger partial charge on any atom is 0.336 e. The number of ether oxygens (including phenoxy) is 1. The number of hydrogen-bond acceptors (Lipinski definition) is 4. The summed E-state index contributed by atoms with van der Waals surface area (Å²) < 4.78 is 10.2. The Kier molecular flexibility index (Phi) is 4.26. The van der Waals surface area contributed by atoms with E-state index in [4.69, 9.17) is 20.8 Å². The van der Waals surface area contributed by atoms with Crippen molar-refractivity contribution in [1.82, 2.24) is 0 Å². The van der Waals surface area contributed by atoms with Crippen LogP contribution in [0.15, 0.2) is 69.9 Å². The van der Waals surface area contributed by atoms with E-state index < -0.39 is 11.6 Å². The number of fused-ring (bicyclic) bond motifs is 1. The van der Waals surface area contributed by atoms with Crippen LogP contribution in [-0.2, 0) is 4.79 Å². The molecule has 114 valence electrons. The largest absolute Gasteiger partial charge is 0.423 e. The van der Waals surface area contributed by atoms with Crippen molar-refractivity contribution in [1.29, 1.82) is 0 Å². The second-order valence-corrected chi connectivity index (χ2v) is 5.14. The van der Waals surface area contributed by atoms with E-state index in [1.165, 1.54) is 18.2 Å². The van der Waals surface area contributed by atoms with Gasteiger partial charge in [-0.1, -0.05) is 29.8 Å². The Morgan fingerprint density at radius 3 is 2.70 bits per heavy atom. The van der Waals surface area contributed by atoms with Gasteiger partial charge in [0.25, 0.3) is 0 Å². The van der Waals surface area contributed by atoms with Gasteiger partial charge in [0.1, 0.15) is 11.3 Å². The minimum Gasteiger partial charge on any atom is -0.423 e. The van der Waals surface area contributed by atoms with Crippen LogP contribution >= 0.6 is 11.6 Å². The topological polar surface area (TPSA) is 56.5 Å². The zero-order valence-electron chi connectivity index (χ0n) is 11.9. The van der Waals surface area contributed by atoms with Gasteiger partial charge in [-0.05, 0) is 35.9 Å². The van der Waals surface area contributed by atoms with Gasteiger partial charge in [0.05, 0.1) is 0 Å². The van der Waals surface area contributed by atoms with E-state index >= 15 is 0 Å². The highest BCUT2D eigenvalue weighted by molar-refractivity contribution is 6.32. The first-order chi connectivity index (χ1) is 11.1. The Morgan fingerprint density at radius 2 is 1.87 bits per heavy atom. The third kappa shape index (κ3) is 3.67. The Bertz CT molecular complexity index is 956. The fraction of sp³-hybridized carbons (Fsp3) is 0. The van der Waals surface area contributed by atoms with Crippen molar-refractivity contribution in [3.63, 3.8) is 0 Å². The van der Waals surface area contributed by atoms with Crippen LogP contribution < -0.4 is 10.4 Å². The standard InChI is InChI=1S/C18H11ClO4/c19-15-4-2-1-3-12(15)6-9-17(20)22-14-8-5-13-7-10-18(21)23-16(13)11-14/h1-11H/b9-6+. The quantitative estimate of drug-likeness (QED) is 0.315. The fourth-order valence-electron chi connectivity index (χ4n) is 2.02. The first kappa shape index (κ1) is 15.1. The van der Waals surface area contributed by atoms with Gasteiger partial charge in [-0.25, -0.2) is 9.59 Å². The van der Waals surface area contributed by atoms with Crippen molar-refractivity contribution in [3.8, 4) is 5.75 Å². The third-order valence-corrected chi connectivity index (χ3v) is 3.46. The van der Waals surface area contributed by atoms with Gasteiger partial charge in [-0.3, -0.25) is 0 Å². The molecule has 5 heteroatoms. The molecular weight excluding hydrogens is 316 g/mol. The molecule has 0 saturated carbocycles. The Morgan fingerprint density at radius 1 is 1.09 bits per heavy atom. The summed E-state index contributed by atoms with van der Waals surface area (Å²) in [6.45, 7) is 0. The second kappa shape index (κ2) is 6.50. The fourth-order valence-corrected chi connectivity index (χ4v) is 2.22. The molecule has 1 heterocycles. The molecule has 0 spiro atoms. The summed E-state index contributed by atoms with van der Waals surface area (Å²) in [7, 11) is 0. The zero-order chi connectivity index (χ0) is 16.2. The van der Waals surface area contributed by atoms with Gasteiger partial charge in [0.2, 0.25) is 0 Å². The lowest BCUT2D eigenvalue weighted by atomic mass is 10.2. The summed E-state index contributed by atoms with van der Waals surface area (Å²) in [6.07, 6.45) is 2.86. The highest BCUT2D eigenvalue weighted by atomic mass is 35.5. The molecule has 0 saturated heterocycles. The monoisotopic (exact) mass is 326 g/mol. The maximum atomic E-state index is 11.9. The highest BCUT2D eigenvalue weighted by Gasteiger charge is 2.04. The highest BCUT2D eigenvalue weighted by Crippen LogP contribution is 2.20. The first-order valence-electron chi connectivity index (χ1n) is 6.80. The van der Waals surface area contributed by atoms with E-state index in [1.807, 2.05) is 6.07 Å². The number of halogens is 1. The van der Waals surface area contributed by atoms with E-state index in [2.05, 4.69) is 0 Å². The van der Waals surface area contributed by atoms with Crippen LogP contribution in [-0.4, -0.2) is 5.97 Å². The molecule has 0 amide bonds.